The molecule has 0 aromatic heterocycles. The van der Waals surface area contributed by atoms with E-state index in [-0.39, 0.29) is 42.1 Å². The molecule has 0 bridgehead atoms. The molecule has 0 aliphatic heterocycles. The molecule has 0 heterocycles. The van der Waals surface area contributed by atoms with Gasteiger partial charge in [0.05, 0.1) is 0 Å². The molecule has 0 saturated carbocycles. The second-order valence-corrected chi connectivity index (χ2v) is 0. The third kappa shape index (κ3) is 10.3. The van der Waals surface area contributed by atoms with E-state index in [1.165, 1.54) is 0 Å². The fourth-order valence-corrected chi connectivity index (χ4v) is 0. The van der Waals surface area contributed by atoms with E-state index in [0.29, 0.717) is 0 Å². The van der Waals surface area contributed by atoms with Crippen LogP contribution < -0.4 is 0 Å². The summed E-state index contributed by atoms with van der Waals surface area (Å²) >= 11 is 0. The van der Waals surface area contributed by atoms with Gasteiger partial charge in [0, 0.05) is 42.1 Å². The molecule has 2 nitrogen and oxygen atoms in total. The van der Waals surface area contributed by atoms with Crippen molar-refractivity contribution in [1.29, 1.82) is 0 Å². The Morgan fingerprint density at radius 1 is 1.00 bits per heavy atom. The molecular weight excluding hydrogens is 312 g/mol. The number of hydrogen-bond donors (Lipinski definition) is 2. The Morgan fingerprint density at radius 2 is 1.00 bits per heavy atom. The average molecular weight is 314 g/mol. The Kier molecular flexibility index (Phi) is 129. The molecule has 0 aromatic carbocycles. The van der Waals surface area contributed by atoms with E-state index >= 15 is 0 Å². The predicted octanol–water partition coefficient (Wildman–Crippen LogP) is 0.0124. The Labute approximate surface area is 52.7 Å². The van der Waals surface area contributed by atoms with Gasteiger partial charge in [-0.2, -0.15) is 0 Å². The fraction of sp³-hybridized carbons (Fsp3) is 0. The first-order valence-corrected chi connectivity index (χ1v) is 0.200. The van der Waals surface area contributed by atoms with Gasteiger partial charge in [0.1, 0.15) is 0 Å². The topological polar surface area (TPSA) is 40.5 Å². The van der Waals surface area contributed by atoms with Crippen molar-refractivity contribution in [2.45, 2.75) is 0 Å². The van der Waals surface area contributed by atoms with E-state index in [1.807, 2.05) is 0 Å². The molecule has 0 atom stereocenters. The molecule has 0 aliphatic carbocycles. The summed E-state index contributed by atoms with van der Waals surface area (Å²) in [6.45, 7) is 0. The van der Waals surface area contributed by atoms with Gasteiger partial charge in [-0.05, 0) is 0 Å². The van der Waals surface area contributed by atoms with E-state index in [0.717, 1.165) is 0 Å². The third-order valence-electron chi connectivity index (χ3n) is 0. The van der Waals surface area contributed by atoms with Crippen molar-refractivity contribution >= 4 is 0 Å². The van der Waals surface area contributed by atoms with Crippen molar-refractivity contribution in [3.05, 3.63) is 0 Å². The van der Waals surface area contributed by atoms with Gasteiger partial charge < -0.3 is 0 Å². The molecule has 0 spiro atoms. The number of rotatable bonds is 0. The van der Waals surface area contributed by atoms with Gasteiger partial charge in [0.25, 0.3) is 0 Å². The molecule has 26 valence electrons. The minimum absolute atomic E-state index is 0. The van der Waals surface area contributed by atoms with Crippen LogP contribution in [0.2, 0.25) is 0 Å². The fourth-order valence-electron chi connectivity index (χ4n) is 0. The normalized spacial score (nSPS) is 1.50. The van der Waals surface area contributed by atoms with Gasteiger partial charge in [-0.25, -0.2) is 0 Å². The van der Waals surface area contributed by atoms with Crippen LogP contribution in [-0.2, 0) is 42.1 Å². The smallest absolute Gasteiger partial charge is 0 e. The molecule has 0 radical (unpaired) electrons. The minimum Gasteiger partial charge on any atom is -0.255 e. The number of hydrogen-bond acceptors (Lipinski definition) is 2. The largest absolute Gasteiger partial charge is 0.255 e. The first kappa shape index (κ1) is 18.5. The molecule has 4 heavy (non-hydrogen) atoms. The maximum absolute atomic E-state index is 6.00. The second kappa shape index (κ2) is 27.8. The Hall–Kier alpha value is 1.30. The monoisotopic (exact) mass is 316 g/mol. The summed E-state index contributed by atoms with van der Waals surface area (Å²) in [4.78, 5) is 0. The molecule has 0 unspecified atom stereocenters. The van der Waals surface area contributed by atoms with E-state index in [9.17, 15) is 0 Å². The van der Waals surface area contributed by atoms with Crippen LogP contribution >= 0.6 is 0 Å². The van der Waals surface area contributed by atoms with Crippen LogP contribution in [0, 0.1) is 0 Å². The van der Waals surface area contributed by atoms with Gasteiger partial charge >= 0.3 is 0 Å². The van der Waals surface area contributed by atoms with Crippen LogP contribution in [0.1, 0.15) is 0 Å². The van der Waals surface area contributed by atoms with Gasteiger partial charge in [-0.3, -0.25) is 10.5 Å². The molecule has 4 heteroatoms. The Bertz CT molecular complexity index is 6.00. The summed E-state index contributed by atoms with van der Waals surface area (Å²) in [5.41, 5.74) is 0. The summed E-state index contributed by atoms with van der Waals surface area (Å²) in [5, 5.41) is 12.0. The van der Waals surface area contributed by atoms with Crippen molar-refractivity contribution in [3.63, 3.8) is 0 Å². The zero-order valence-electron chi connectivity index (χ0n) is 1.71. The van der Waals surface area contributed by atoms with Crippen LogP contribution in [0.4, 0.5) is 0 Å². The first-order valence-electron chi connectivity index (χ1n) is 0.200. The Morgan fingerprint density at radius 3 is 1.00 bits per heavy atom. The van der Waals surface area contributed by atoms with Crippen molar-refractivity contribution in [1.82, 2.24) is 0 Å². The summed E-state index contributed by atoms with van der Waals surface area (Å²) in [6, 6.07) is 0. The van der Waals surface area contributed by atoms with Crippen LogP contribution in [0.3, 0.4) is 0 Å². The molecule has 0 aliphatic rings. The van der Waals surface area contributed by atoms with Crippen LogP contribution in [0.5, 0.6) is 0 Å². The molecule has 0 saturated heterocycles. The summed E-state index contributed by atoms with van der Waals surface area (Å²) in [6.07, 6.45) is 0. The van der Waals surface area contributed by atoms with Crippen LogP contribution in [0.15, 0.2) is 0 Å². The van der Waals surface area contributed by atoms with Crippen molar-refractivity contribution in [2.75, 3.05) is 0 Å². The predicted molar refractivity (Wildman–Crippen MR) is 5.26 cm³/mol. The zero-order chi connectivity index (χ0) is 2.00. The standard InChI is InChI=1S/Mo.H2O2.W/c;1-2;/h;1-2H;. The quantitative estimate of drug-likeness (QED) is 0.376. The maximum atomic E-state index is 6.00. The van der Waals surface area contributed by atoms with Crippen molar-refractivity contribution in [2.24, 2.45) is 0 Å². The van der Waals surface area contributed by atoms with E-state index in [2.05, 4.69) is 0 Å². The van der Waals surface area contributed by atoms with E-state index in [1.54, 1.807) is 0 Å². The third-order valence-corrected chi connectivity index (χ3v) is 0. The van der Waals surface area contributed by atoms with Gasteiger partial charge in [-0.1, -0.05) is 0 Å². The van der Waals surface area contributed by atoms with Gasteiger partial charge in [-0.15, -0.1) is 0 Å². The maximum Gasteiger partial charge on any atom is 0 e. The average Bonchev–Trinajstić information content (AvgIpc) is 1.00. The molecule has 0 rings (SSSR count). The zero-order valence-corrected chi connectivity index (χ0v) is 6.65. The van der Waals surface area contributed by atoms with Crippen molar-refractivity contribution in [3.8, 4) is 0 Å². The van der Waals surface area contributed by atoms with E-state index in [4.69, 9.17) is 10.5 Å². The second-order valence-electron chi connectivity index (χ2n) is 0. The minimum atomic E-state index is 0. The summed E-state index contributed by atoms with van der Waals surface area (Å²) < 4.78 is 0. The van der Waals surface area contributed by atoms with Crippen LogP contribution in [0.25, 0.3) is 0 Å². The SMILES string of the molecule is OO.[Mo].[W]. The van der Waals surface area contributed by atoms with Crippen molar-refractivity contribution < 1.29 is 52.6 Å². The molecular formula is H2MoO2W. The first-order chi connectivity index (χ1) is 1.00. The van der Waals surface area contributed by atoms with Gasteiger partial charge in [0.15, 0.2) is 0 Å². The molecule has 2 N–H and O–H groups in total. The van der Waals surface area contributed by atoms with Crippen LogP contribution in [-0.4, -0.2) is 10.5 Å². The molecule has 0 fully saturated rings. The van der Waals surface area contributed by atoms with E-state index < -0.39 is 0 Å². The van der Waals surface area contributed by atoms with Gasteiger partial charge in [0.2, 0.25) is 0 Å². The summed E-state index contributed by atoms with van der Waals surface area (Å²) in [7, 11) is 0. The summed E-state index contributed by atoms with van der Waals surface area (Å²) in [5.74, 6) is 0. The molecule has 0 aromatic rings. The Balaban J connectivity index is -0.00000000500. The molecule has 0 amide bonds.